The molecular weight excluding hydrogens is 252 g/mol. The molecule has 0 saturated carbocycles. The van der Waals surface area contributed by atoms with Gasteiger partial charge in [-0.3, -0.25) is 0 Å². The van der Waals surface area contributed by atoms with Crippen molar-refractivity contribution in [3.05, 3.63) is 35.9 Å². The fourth-order valence-electron chi connectivity index (χ4n) is 2.06. The Morgan fingerprint density at radius 2 is 1.87 bits per heavy atom. The molecule has 0 bridgehead atoms. The van der Waals surface area contributed by atoms with E-state index < -0.39 is 0 Å². The van der Waals surface area contributed by atoms with Crippen LogP contribution in [-0.2, 0) is 4.74 Å². The molecule has 1 fully saturated rings. The van der Waals surface area contributed by atoms with Gasteiger partial charge in [-0.15, -0.1) is 0 Å². The predicted molar refractivity (Wildman–Crippen MR) is 66.3 cm³/mol. The summed E-state index contributed by atoms with van der Waals surface area (Å²) in [6.45, 7) is 4.34. The highest BCUT2D eigenvalue weighted by Crippen LogP contribution is 2.39. The third kappa shape index (κ3) is 2.61. The molecule has 1 heterocycles. The molecule has 0 aliphatic carbocycles. The molecule has 0 N–H and O–H groups in total. The molecule has 0 radical (unpaired) electrons. The van der Waals surface area contributed by atoms with Gasteiger partial charge in [-0.05, 0) is 32.3 Å². The number of hydrogen-bond donors (Lipinski definition) is 0. The van der Waals surface area contributed by atoms with Crippen molar-refractivity contribution in [2.75, 3.05) is 0 Å². The van der Waals surface area contributed by atoms with E-state index >= 15 is 0 Å². The monoisotopic (exact) mass is 268 g/mol. The van der Waals surface area contributed by atoms with Crippen LogP contribution in [0.2, 0.25) is 0 Å². The molecule has 1 nitrogen and oxygen atoms in total. The first-order chi connectivity index (χ1) is 7.07. The van der Waals surface area contributed by atoms with Gasteiger partial charge >= 0.3 is 0 Å². The zero-order valence-electron chi connectivity index (χ0n) is 9.24. The highest BCUT2D eigenvalue weighted by Gasteiger charge is 2.35. The number of benzene rings is 1. The van der Waals surface area contributed by atoms with Crippen molar-refractivity contribution in [3.63, 3.8) is 0 Å². The molecule has 2 atom stereocenters. The van der Waals surface area contributed by atoms with E-state index in [4.69, 9.17) is 4.74 Å². The fourth-order valence-corrected chi connectivity index (χ4v) is 2.39. The molecule has 0 aromatic heterocycles. The second kappa shape index (κ2) is 4.26. The molecule has 1 aromatic rings. The van der Waals surface area contributed by atoms with Gasteiger partial charge < -0.3 is 4.74 Å². The molecular formula is C13H17BrO. The smallest absolute Gasteiger partial charge is 0.0830 e. The predicted octanol–water partition coefficient (Wildman–Crippen LogP) is 4.08. The van der Waals surface area contributed by atoms with Gasteiger partial charge in [0.1, 0.15) is 0 Å². The van der Waals surface area contributed by atoms with Crippen LogP contribution < -0.4 is 0 Å². The Bertz CT molecular complexity index is 315. The standard InChI is InChI=1S/C13H17BrO/c1-13(2,14)12-9-8-11(15-12)10-6-4-3-5-7-10/h3-7,11-12H,8-9H2,1-2H3/t11-,12+/m0/s1. The Hall–Kier alpha value is -0.340. The highest BCUT2D eigenvalue weighted by atomic mass is 79.9. The molecule has 15 heavy (non-hydrogen) atoms. The first-order valence-electron chi connectivity index (χ1n) is 5.46. The summed E-state index contributed by atoms with van der Waals surface area (Å²) in [6.07, 6.45) is 2.87. The minimum absolute atomic E-state index is 0.0799. The van der Waals surface area contributed by atoms with Crippen LogP contribution in [0.3, 0.4) is 0 Å². The van der Waals surface area contributed by atoms with Crippen LogP contribution >= 0.6 is 15.9 Å². The van der Waals surface area contributed by atoms with Crippen molar-refractivity contribution >= 4 is 15.9 Å². The van der Waals surface area contributed by atoms with Crippen LogP contribution in [0, 0.1) is 0 Å². The van der Waals surface area contributed by atoms with E-state index in [1.165, 1.54) is 5.56 Å². The Kier molecular flexibility index (Phi) is 3.17. The molecule has 0 amide bonds. The number of alkyl halides is 1. The van der Waals surface area contributed by atoms with Crippen LogP contribution in [0.1, 0.15) is 38.4 Å². The summed E-state index contributed by atoms with van der Waals surface area (Å²) < 4.78 is 6.14. The fraction of sp³-hybridized carbons (Fsp3) is 0.538. The first-order valence-corrected chi connectivity index (χ1v) is 6.26. The second-order valence-corrected chi connectivity index (χ2v) is 6.71. The average Bonchev–Trinajstić information content (AvgIpc) is 2.67. The number of rotatable bonds is 2. The lowest BCUT2D eigenvalue weighted by atomic mass is 10.0. The molecule has 1 aliphatic rings. The van der Waals surface area contributed by atoms with Crippen LogP contribution in [0.25, 0.3) is 0 Å². The molecule has 0 spiro atoms. The summed E-state index contributed by atoms with van der Waals surface area (Å²) >= 11 is 3.68. The van der Waals surface area contributed by atoms with Crippen molar-refractivity contribution in [2.45, 2.75) is 43.2 Å². The van der Waals surface area contributed by atoms with Crippen LogP contribution in [0.5, 0.6) is 0 Å². The van der Waals surface area contributed by atoms with E-state index in [0.29, 0.717) is 6.10 Å². The number of ether oxygens (including phenoxy) is 1. The zero-order chi connectivity index (χ0) is 10.9. The first kappa shape index (κ1) is 11.2. The van der Waals surface area contributed by atoms with E-state index in [1.54, 1.807) is 0 Å². The number of halogens is 1. The maximum absolute atomic E-state index is 6.07. The average molecular weight is 269 g/mol. The minimum atomic E-state index is 0.0799. The highest BCUT2D eigenvalue weighted by molar-refractivity contribution is 9.10. The van der Waals surface area contributed by atoms with Gasteiger partial charge in [0.15, 0.2) is 0 Å². The lowest BCUT2D eigenvalue weighted by Gasteiger charge is -2.25. The Balaban J connectivity index is 2.05. The van der Waals surface area contributed by atoms with Crippen molar-refractivity contribution in [1.29, 1.82) is 0 Å². The maximum atomic E-state index is 6.07. The van der Waals surface area contributed by atoms with Crippen molar-refractivity contribution in [1.82, 2.24) is 0 Å². The molecule has 1 aromatic carbocycles. The van der Waals surface area contributed by atoms with Crippen molar-refractivity contribution in [3.8, 4) is 0 Å². The van der Waals surface area contributed by atoms with E-state index in [-0.39, 0.29) is 10.4 Å². The maximum Gasteiger partial charge on any atom is 0.0830 e. The van der Waals surface area contributed by atoms with Gasteiger partial charge in [-0.2, -0.15) is 0 Å². The molecule has 1 aliphatic heterocycles. The third-order valence-corrected chi connectivity index (χ3v) is 3.47. The lowest BCUT2D eigenvalue weighted by Crippen LogP contribution is -2.28. The van der Waals surface area contributed by atoms with Gasteiger partial charge in [0.2, 0.25) is 0 Å². The molecule has 0 unspecified atom stereocenters. The molecule has 2 rings (SSSR count). The Morgan fingerprint density at radius 3 is 2.40 bits per heavy atom. The normalized spacial score (nSPS) is 26.9. The molecule has 2 heteroatoms. The lowest BCUT2D eigenvalue weighted by molar-refractivity contribution is 0.0298. The summed E-state index contributed by atoms with van der Waals surface area (Å²) in [5.74, 6) is 0. The quantitative estimate of drug-likeness (QED) is 0.735. The van der Waals surface area contributed by atoms with Gasteiger partial charge in [-0.25, -0.2) is 0 Å². The van der Waals surface area contributed by atoms with E-state index in [0.717, 1.165) is 12.8 Å². The summed E-state index contributed by atoms with van der Waals surface area (Å²) in [4.78, 5) is 0. The largest absolute Gasteiger partial charge is 0.369 e. The molecule has 1 saturated heterocycles. The van der Waals surface area contributed by atoms with Crippen LogP contribution in [0.15, 0.2) is 30.3 Å². The van der Waals surface area contributed by atoms with E-state index in [2.05, 4.69) is 54.0 Å². The van der Waals surface area contributed by atoms with E-state index in [9.17, 15) is 0 Å². The second-order valence-electron chi connectivity index (χ2n) is 4.67. The van der Waals surface area contributed by atoms with Gasteiger partial charge in [-0.1, -0.05) is 46.3 Å². The third-order valence-electron chi connectivity index (χ3n) is 2.96. The zero-order valence-corrected chi connectivity index (χ0v) is 10.8. The minimum Gasteiger partial charge on any atom is -0.369 e. The van der Waals surface area contributed by atoms with Gasteiger partial charge in [0.05, 0.1) is 12.2 Å². The summed E-state index contributed by atoms with van der Waals surface area (Å²) in [6, 6.07) is 10.5. The van der Waals surface area contributed by atoms with E-state index in [1.807, 2.05) is 6.07 Å². The van der Waals surface area contributed by atoms with Crippen LogP contribution in [0.4, 0.5) is 0 Å². The van der Waals surface area contributed by atoms with Gasteiger partial charge in [0, 0.05) is 4.32 Å². The summed E-state index contributed by atoms with van der Waals surface area (Å²) in [7, 11) is 0. The molecule has 82 valence electrons. The van der Waals surface area contributed by atoms with Crippen molar-refractivity contribution in [2.24, 2.45) is 0 Å². The summed E-state index contributed by atoms with van der Waals surface area (Å²) in [5, 5.41) is 0. The Labute approximate surface area is 100.0 Å². The van der Waals surface area contributed by atoms with Crippen LogP contribution in [-0.4, -0.2) is 10.4 Å². The van der Waals surface area contributed by atoms with Crippen molar-refractivity contribution < 1.29 is 4.74 Å². The summed E-state index contributed by atoms with van der Waals surface area (Å²) in [5.41, 5.74) is 1.30. The number of hydrogen-bond acceptors (Lipinski definition) is 1. The SMILES string of the molecule is CC(C)(Br)[C@H]1CC[C@@H](c2ccccc2)O1. The Morgan fingerprint density at radius 1 is 1.20 bits per heavy atom. The van der Waals surface area contributed by atoms with Gasteiger partial charge in [0.25, 0.3) is 0 Å². The topological polar surface area (TPSA) is 9.23 Å².